The van der Waals surface area contributed by atoms with Gasteiger partial charge in [-0.05, 0) is 48.9 Å². The molecule has 0 atom stereocenters. The van der Waals surface area contributed by atoms with Crippen molar-refractivity contribution in [1.82, 2.24) is 0 Å². The number of rotatable bonds is 14. The number of alkyl halides is 1. The van der Waals surface area contributed by atoms with Crippen LogP contribution in [0.15, 0.2) is 17.1 Å². The third-order valence-electron chi connectivity index (χ3n) is 5.18. The monoisotopic (exact) mass is 407 g/mol. The van der Waals surface area contributed by atoms with Gasteiger partial charge in [-0.1, -0.05) is 92.8 Å². The second kappa shape index (κ2) is 14.5. The van der Waals surface area contributed by atoms with E-state index in [-0.39, 0.29) is 0 Å². The van der Waals surface area contributed by atoms with Gasteiger partial charge in [-0.25, -0.2) is 0 Å². The topological polar surface area (TPSA) is 12.4 Å². The van der Waals surface area contributed by atoms with E-state index in [2.05, 4.69) is 53.8 Å². The molecule has 1 aromatic carbocycles. The lowest BCUT2D eigenvalue weighted by Gasteiger charge is -2.11. The normalized spacial score (nSPS) is 11.5. The highest BCUT2D eigenvalue weighted by molar-refractivity contribution is 9.09. The Morgan fingerprint density at radius 1 is 0.840 bits per heavy atom. The van der Waals surface area contributed by atoms with E-state index >= 15 is 0 Å². The number of nitrogens with zero attached hydrogens (tertiary/aromatic N) is 1. The average Bonchev–Trinajstić information content (AvgIpc) is 2.62. The van der Waals surface area contributed by atoms with Gasteiger partial charge in [-0.2, -0.15) is 0 Å². The van der Waals surface area contributed by atoms with Crippen molar-refractivity contribution in [3.63, 3.8) is 0 Å². The minimum atomic E-state index is 0.846. The number of aliphatic imine (C=N–C) groups is 1. The van der Waals surface area contributed by atoms with Gasteiger partial charge < -0.3 is 0 Å². The van der Waals surface area contributed by atoms with Gasteiger partial charge in [-0.15, -0.1) is 0 Å². The molecule has 0 aliphatic heterocycles. The molecule has 25 heavy (non-hydrogen) atoms. The Bertz CT molecular complexity index is 493. The molecule has 0 aromatic heterocycles. The van der Waals surface area contributed by atoms with Crippen molar-refractivity contribution in [3.05, 3.63) is 34.4 Å². The minimum absolute atomic E-state index is 0.846. The average molecular weight is 408 g/mol. The first kappa shape index (κ1) is 22.4. The lowest BCUT2D eigenvalue weighted by atomic mass is 9.95. The maximum absolute atomic E-state index is 4.45. The van der Waals surface area contributed by atoms with Crippen LogP contribution in [-0.2, 0) is 6.42 Å². The van der Waals surface area contributed by atoms with E-state index in [1.165, 1.54) is 92.9 Å². The van der Waals surface area contributed by atoms with E-state index in [1.54, 1.807) is 0 Å². The molecule has 0 radical (unpaired) electrons. The first-order valence-electron chi connectivity index (χ1n) is 10.4. The first-order valence-corrected chi connectivity index (χ1v) is 11.5. The Morgan fingerprint density at radius 3 is 2.04 bits per heavy atom. The van der Waals surface area contributed by atoms with Crippen LogP contribution in [0, 0.1) is 13.8 Å². The summed E-state index contributed by atoms with van der Waals surface area (Å²) in [4.78, 5) is 4.45. The molecule has 2 heteroatoms. The Kier molecular flexibility index (Phi) is 13.0. The second-order valence-corrected chi connectivity index (χ2v) is 8.01. The van der Waals surface area contributed by atoms with Crippen LogP contribution in [0.1, 0.15) is 93.4 Å². The van der Waals surface area contributed by atoms with Crippen LogP contribution in [-0.4, -0.2) is 18.1 Å². The standard InChI is InChI=1S/C23H38BrN/c1-4-5-6-7-8-9-10-11-12-13-14-22-15-16-23(19-25-18-17-24)21(3)20(22)2/h15-16,19H,4-14,17-18H2,1-3H3. The summed E-state index contributed by atoms with van der Waals surface area (Å²) in [6, 6.07) is 4.55. The smallest absolute Gasteiger partial charge is 0.0486 e. The molecule has 1 aromatic rings. The van der Waals surface area contributed by atoms with Crippen molar-refractivity contribution >= 4 is 22.1 Å². The highest BCUT2D eigenvalue weighted by Crippen LogP contribution is 2.19. The van der Waals surface area contributed by atoms with Crippen LogP contribution in [0.2, 0.25) is 0 Å². The third-order valence-corrected chi connectivity index (χ3v) is 5.54. The van der Waals surface area contributed by atoms with Crippen molar-refractivity contribution in [2.24, 2.45) is 4.99 Å². The van der Waals surface area contributed by atoms with Crippen LogP contribution in [0.4, 0.5) is 0 Å². The fraction of sp³-hybridized carbons (Fsp3) is 0.696. The predicted molar refractivity (Wildman–Crippen MR) is 118 cm³/mol. The SMILES string of the molecule is CCCCCCCCCCCCc1ccc(C=NCCBr)c(C)c1C. The Hall–Kier alpha value is -0.630. The van der Waals surface area contributed by atoms with Gasteiger partial charge in [0.05, 0.1) is 0 Å². The van der Waals surface area contributed by atoms with Crippen LogP contribution < -0.4 is 0 Å². The Labute approximate surface area is 164 Å². The Balaban J connectivity index is 2.23. The van der Waals surface area contributed by atoms with Gasteiger partial charge in [0.1, 0.15) is 0 Å². The summed E-state index contributed by atoms with van der Waals surface area (Å²) in [5, 5.41) is 0.929. The molecule has 0 bridgehead atoms. The van der Waals surface area contributed by atoms with Crippen LogP contribution >= 0.6 is 15.9 Å². The maximum atomic E-state index is 4.45. The van der Waals surface area contributed by atoms with Crippen molar-refractivity contribution in [1.29, 1.82) is 0 Å². The number of hydrogen-bond acceptors (Lipinski definition) is 1. The number of benzene rings is 1. The lowest BCUT2D eigenvalue weighted by Crippen LogP contribution is -1.98. The fourth-order valence-corrected chi connectivity index (χ4v) is 3.53. The number of unbranched alkanes of at least 4 members (excludes halogenated alkanes) is 9. The van der Waals surface area contributed by atoms with Crippen molar-refractivity contribution in [2.45, 2.75) is 91.4 Å². The summed E-state index contributed by atoms with van der Waals surface area (Å²) in [5.41, 5.74) is 5.64. The molecular weight excluding hydrogens is 370 g/mol. The van der Waals surface area contributed by atoms with E-state index in [0.29, 0.717) is 0 Å². The van der Waals surface area contributed by atoms with Gasteiger partial charge in [0, 0.05) is 18.1 Å². The molecule has 0 fully saturated rings. The zero-order valence-electron chi connectivity index (χ0n) is 16.7. The molecule has 142 valence electrons. The third kappa shape index (κ3) is 9.58. The summed E-state index contributed by atoms with van der Waals surface area (Å²) in [5.74, 6) is 0. The molecule has 0 unspecified atom stereocenters. The summed E-state index contributed by atoms with van der Waals surface area (Å²) in [6.07, 6.45) is 17.3. The zero-order chi connectivity index (χ0) is 18.3. The van der Waals surface area contributed by atoms with Crippen molar-refractivity contribution < 1.29 is 0 Å². The molecule has 0 N–H and O–H groups in total. The van der Waals surface area contributed by atoms with Crippen LogP contribution in [0.5, 0.6) is 0 Å². The number of aryl methyl sites for hydroxylation is 1. The molecule has 0 heterocycles. The zero-order valence-corrected chi connectivity index (χ0v) is 18.3. The molecule has 0 spiro atoms. The summed E-state index contributed by atoms with van der Waals surface area (Å²) < 4.78 is 0. The van der Waals surface area contributed by atoms with E-state index in [1.807, 2.05) is 6.21 Å². The van der Waals surface area contributed by atoms with Crippen LogP contribution in [0.25, 0.3) is 0 Å². The molecule has 1 rings (SSSR count). The molecule has 0 saturated carbocycles. The van der Waals surface area contributed by atoms with Gasteiger partial charge >= 0.3 is 0 Å². The van der Waals surface area contributed by atoms with Gasteiger partial charge in [0.25, 0.3) is 0 Å². The van der Waals surface area contributed by atoms with Crippen molar-refractivity contribution in [3.8, 4) is 0 Å². The second-order valence-electron chi connectivity index (χ2n) is 7.22. The number of hydrogen-bond donors (Lipinski definition) is 0. The maximum Gasteiger partial charge on any atom is 0.0486 e. The predicted octanol–water partition coefficient (Wildman–Crippen LogP) is 7.58. The van der Waals surface area contributed by atoms with E-state index in [4.69, 9.17) is 0 Å². The number of halogens is 1. The lowest BCUT2D eigenvalue weighted by molar-refractivity contribution is 0.556. The quantitative estimate of drug-likeness (QED) is 0.171. The fourth-order valence-electron chi connectivity index (χ4n) is 3.32. The summed E-state index contributed by atoms with van der Waals surface area (Å²) in [7, 11) is 0. The molecule has 0 amide bonds. The highest BCUT2D eigenvalue weighted by Gasteiger charge is 2.05. The molecule has 0 aliphatic rings. The van der Waals surface area contributed by atoms with Gasteiger partial charge in [-0.3, -0.25) is 4.99 Å². The van der Waals surface area contributed by atoms with Crippen molar-refractivity contribution in [2.75, 3.05) is 11.9 Å². The van der Waals surface area contributed by atoms with Gasteiger partial charge in [0.15, 0.2) is 0 Å². The summed E-state index contributed by atoms with van der Waals surface area (Å²) >= 11 is 3.42. The van der Waals surface area contributed by atoms with E-state index in [9.17, 15) is 0 Å². The molecular formula is C23H38BrN. The van der Waals surface area contributed by atoms with Gasteiger partial charge in [0.2, 0.25) is 0 Å². The molecule has 1 nitrogen and oxygen atoms in total. The highest BCUT2D eigenvalue weighted by atomic mass is 79.9. The van der Waals surface area contributed by atoms with E-state index < -0.39 is 0 Å². The minimum Gasteiger partial charge on any atom is -0.292 e. The van der Waals surface area contributed by atoms with Crippen LogP contribution in [0.3, 0.4) is 0 Å². The summed E-state index contributed by atoms with van der Waals surface area (Å²) in [6.45, 7) is 7.63. The largest absolute Gasteiger partial charge is 0.292 e. The Morgan fingerprint density at radius 2 is 1.44 bits per heavy atom. The first-order chi connectivity index (χ1) is 12.2. The molecule has 0 saturated heterocycles. The van der Waals surface area contributed by atoms with E-state index in [0.717, 1.165) is 11.9 Å². The molecule has 0 aliphatic carbocycles.